The maximum absolute atomic E-state index is 5.59. The zero-order valence-electron chi connectivity index (χ0n) is 7.96. The molecule has 0 spiro atoms. The third-order valence-corrected chi connectivity index (χ3v) is 1.82. The second-order valence-corrected chi connectivity index (χ2v) is 3.50. The third kappa shape index (κ3) is 6.41. The molecule has 0 aromatic rings. The van der Waals surface area contributed by atoms with Crippen molar-refractivity contribution in [2.45, 2.75) is 32.7 Å². The first-order chi connectivity index (χ1) is 5.70. The van der Waals surface area contributed by atoms with Gasteiger partial charge >= 0.3 is 0 Å². The molecule has 0 amide bonds. The number of hydrogen-bond acceptors (Lipinski definition) is 1. The molecule has 1 nitrogen and oxygen atoms in total. The van der Waals surface area contributed by atoms with Gasteiger partial charge < -0.3 is 0 Å². The van der Waals surface area contributed by atoms with Crippen molar-refractivity contribution in [2.75, 3.05) is 5.88 Å². The molecule has 1 atom stereocenters. The van der Waals surface area contributed by atoms with Gasteiger partial charge in [-0.2, -0.15) is 0 Å². The van der Waals surface area contributed by atoms with E-state index in [-0.39, 0.29) is 0 Å². The average molecular weight is 188 g/mol. The Morgan fingerprint density at radius 1 is 1.50 bits per heavy atom. The maximum Gasteiger partial charge on any atom is 0.0439 e. The van der Waals surface area contributed by atoms with E-state index in [9.17, 15) is 0 Å². The summed E-state index contributed by atoms with van der Waals surface area (Å²) < 4.78 is 0. The van der Waals surface area contributed by atoms with Crippen LogP contribution < -0.4 is 0 Å². The van der Waals surface area contributed by atoms with Gasteiger partial charge in [0, 0.05) is 24.1 Å². The van der Waals surface area contributed by atoms with E-state index in [2.05, 4.69) is 25.4 Å². The first-order valence-corrected chi connectivity index (χ1v) is 4.96. The summed E-state index contributed by atoms with van der Waals surface area (Å²) in [6.07, 6.45) is 5.99. The Morgan fingerprint density at radius 3 is 2.58 bits per heavy atom. The highest BCUT2D eigenvalue weighted by Crippen LogP contribution is 2.06. The number of alkyl halides is 1. The summed E-state index contributed by atoms with van der Waals surface area (Å²) in [5, 5.41) is 0. The minimum Gasteiger partial charge on any atom is -0.294 e. The van der Waals surface area contributed by atoms with Gasteiger partial charge in [0.15, 0.2) is 0 Å². The molecular formula is C10H18ClN. The number of allylic oxidation sites excluding steroid dienone is 1. The van der Waals surface area contributed by atoms with Gasteiger partial charge in [0.1, 0.15) is 0 Å². The fraction of sp³-hybridized carbons (Fsp3) is 0.700. The molecule has 0 aliphatic carbocycles. The Hall–Kier alpha value is -0.300. The molecule has 0 fully saturated rings. The summed E-state index contributed by atoms with van der Waals surface area (Å²) in [5.74, 6) is 1.12. The Morgan fingerprint density at radius 2 is 2.17 bits per heavy atom. The topological polar surface area (TPSA) is 12.4 Å². The average Bonchev–Trinajstić information content (AvgIpc) is 2.05. The second kappa shape index (κ2) is 7.35. The van der Waals surface area contributed by atoms with Gasteiger partial charge in [0.2, 0.25) is 0 Å². The Bertz CT molecular complexity index is 141. The van der Waals surface area contributed by atoms with Crippen LogP contribution in [0.1, 0.15) is 26.7 Å². The Kier molecular flexibility index (Phi) is 7.17. The summed E-state index contributed by atoms with van der Waals surface area (Å²) in [4.78, 5) is 4.31. The van der Waals surface area contributed by atoms with Crippen LogP contribution in [0.4, 0.5) is 0 Å². The molecule has 0 radical (unpaired) electrons. The Balaban J connectivity index is 3.74. The smallest absolute Gasteiger partial charge is 0.0439 e. The number of nitrogens with zero attached hydrogens (tertiary/aromatic N) is 1. The molecule has 0 aromatic heterocycles. The summed E-state index contributed by atoms with van der Waals surface area (Å²) in [7, 11) is 0. The van der Waals surface area contributed by atoms with Crippen LogP contribution in [0.5, 0.6) is 0 Å². The van der Waals surface area contributed by atoms with Crippen LogP contribution in [-0.4, -0.2) is 18.1 Å². The van der Waals surface area contributed by atoms with Crippen LogP contribution >= 0.6 is 11.6 Å². The fourth-order valence-electron chi connectivity index (χ4n) is 0.849. The number of halogens is 1. The maximum atomic E-state index is 5.59. The van der Waals surface area contributed by atoms with Crippen LogP contribution in [0, 0.1) is 5.92 Å². The van der Waals surface area contributed by atoms with Gasteiger partial charge in [0.25, 0.3) is 0 Å². The van der Waals surface area contributed by atoms with Crippen LogP contribution in [0.2, 0.25) is 0 Å². The lowest BCUT2D eigenvalue weighted by molar-refractivity contribution is 0.725. The summed E-state index contributed by atoms with van der Waals surface area (Å²) in [6.45, 7) is 7.89. The zero-order chi connectivity index (χ0) is 9.40. The highest BCUT2D eigenvalue weighted by atomic mass is 35.5. The first-order valence-electron chi connectivity index (χ1n) is 4.42. The normalized spacial score (nSPS) is 14.0. The van der Waals surface area contributed by atoms with Gasteiger partial charge in [-0.05, 0) is 26.7 Å². The van der Waals surface area contributed by atoms with Crippen molar-refractivity contribution in [1.82, 2.24) is 0 Å². The largest absolute Gasteiger partial charge is 0.294 e. The highest BCUT2D eigenvalue weighted by Gasteiger charge is 1.99. The minimum atomic E-state index is 0.378. The van der Waals surface area contributed by atoms with Gasteiger partial charge in [0.05, 0.1) is 0 Å². The highest BCUT2D eigenvalue weighted by molar-refractivity contribution is 6.17. The van der Waals surface area contributed by atoms with Crippen LogP contribution in [0.15, 0.2) is 17.6 Å². The predicted octanol–water partition coefficient (Wildman–Crippen LogP) is 3.29. The molecule has 0 rings (SSSR count). The van der Waals surface area contributed by atoms with Crippen molar-refractivity contribution < 1.29 is 0 Å². The van der Waals surface area contributed by atoms with E-state index in [4.69, 9.17) is 11.6 Å². The van der Waals surface area contributed by atoms with Gasteiger partial charge in [-0.1, -0.05) is 6.08 Å². The standard InChI is InChI=1S/C10H18ClN/c1-4-10(6-5-7-11)8-12-9(2)3/h4,8-10H,1,5-7H2,2-3H3. The molecule has 0 saturated carbocycles. The molecule has 70 valence electrons. The van der Waals surface area contributed by atoms with E-state index in [0.717, 1.165) is 18.7 Å². The Labute approximate surface area is 80.5 Å². The monoisotopic (exact) mass is 187 g/mol. The molecule has 0 N–H and O–H groups in total. The van der Waals surface area contributed by atoms with Gasteiger partial charge in [-0.3, -0.25) is 4.99 Å². The molecule has 0 bridgehead atoms. The van der Waals surface area contributed by atoms with Gasteiger partial charge in [-0.15, -0.1) is 18.2 Å². The molecule has 1 unspecified atom stereocenters. The van der Waals surface area contributed by atoms with E-state index >= 15 is 0 Å². The second-order valence-electron chi connectivity index (χ2n) is 3.12. The molecule has 0 aliphatic heterocycles. The van der Waals surface area contributed by atoms with Crippen LogP contribution in [-0.2, 0) is 0 Å². The van der Waals surface area contributed by atoms with E-state index in [1.807, 2.05) is 12.3 Å². The lowest BCUT2D eigenvalue weighted by atomic mass is 10.1. The first kappa shape index (κ1) is 11.7. The molecule has 0 saturated heterocycles. The van der Waals surface area contributed by atoms with Crippen molar-refractivity contribution in [3.05, 3.63) is 12.7 Å². The molecule has 2 heteroatoms. The lowest BCUT2D eigenvalue weighted by Crippen LogP contribution is -2.00. The SMILES string of the molecule is C=CC(C=NC(C)C)CCCCl. The molecule has 12 heavy (non-hydrogen) atoms. The zero-order valence-corrected chi connectivity index (χ0v) is 8.72. The number of hydrogen-bond donors (Lipinski definition) is 0. The van der Waals surface area contributed by atoms with Crippen LogP contribution in [0.25, 0.3) is 0 Å². The quantitative estimate of drug-likeness (QED) is 0.344. The molecular weight excluding hydrogens is 170 g/mol. The fourth-order valence-corrected chi connectivity index (χ4v) is 1.00. The summed E-state index contributed by atoms with van der Waals surface area (Å²) in [6, 6.07) is 0.378. The van der Waals surface area contributed by atoms with Gasteiger partial charge in [-0.25, -0.2) is 0 Å². The lowest BCUT2D eigenvalue weighted by Gasteiger charge is -2.05. The predicted molar refractivity (Wildman–Crippen MR) is 57.3 cm³/mol. The van der Waals surface area contributed by atoms with Crippen molar-refractivity contribution >= 4 is 17.8 Å². The van der Waals surface area contributed by atoms with E-state index in [0.29, 0.717) is 12.0 Å². The number of rotatable bonds is 6. The third-order valence-electron chi connectivity index (χ3n) is 1.55. The van der Waals surface area contributed by atoms with Crippen molar-refractivity contribution in [1.29, 1.82) is 0 Å². The van der Waals surface area contributed by atoms with Crippen LogP contribution in [0.3, 0.4) is 0 Å². The van der Waals surface area contributed by atoms with Crippen molar-refractivity contribution in [3.8, 4) is 0 Å². The molecule has 0 heterocycles. The van der Waals surface area contributed by atoms with E-state index < -0.39 is 0 Å². The van der Waals surface area contributed by atoms with Crippen molar-refractivity contribution in [2.24, 2.45) is 10.9 Å². The summed E-state index contributed by atoms with van der Waals surface area (Å²) in [5.41, 5.74) is 0. The summed E-state index contributed by atoms with van der Waals surface area (Å²) >= 11 is 5.59. The number of aliphatic imine (C=N–C) groups is 1. The van der Waals surface area contributed by atoms with Crippen molar-refractivity contribution in [3.63, 3.8) is 0 Å². The molecule has 0 aromatic carbocycles. The minimum absolute atomic E-state index is 0.378. The van der Waals surface area contributed by atoms with E-state index in [1.165, 1.54) is 0 Å². The van der Waals surface area contributed by atoms with E-state index in [1.54, 1.807) is 0 Å². The molecule has 0 aliphatic rings.